The van der Waals surface area contributed by atoms with Gasteiger partial charge in [0.2, 0.25) is 0 Å². The Kier molecular flexibility index (Phi) is 6.15. The molecule has 5 nitrogen and oxygen atoms in total. The second-order valence-corrected chi connectivity index (χ2v) is 4.39. The van der Waals surface area contributed by atoms with E-state index in [1.165, 1.54) is 0 Å². The van der Waals surface area contributed by atoms with E-state index in [9.17, 15) is 4.79 Å². The largest absolute Gasteiger partial charge is 0.485 e. The smallest absolute Gasteiger partial charge is 0.372 e. The summed E-state index contributed by atoms with van der Waals surface area (Å²) in [6.07, 6.45) is 1.05. The molecule has 104 valence electrons. The van der Waals surface area contributed by atoms with Crippen molar-refractivity contribution in [3.63, 3.8) is 0 Å². The van der Waals surface area contributed by atoms with Crippen LogP contribution in [0.1, 0.15) is 20.3 Å². The molecule has 0 unspecified atom stereocenters. The third-order valence-corrected chi connectivity index (χ3v) is 2.98. The molecule has 0 bridgehead atoms. The van der Waals surface area contributed by atoms with E-state index in [-0.39, 0.29) is 11.2 Å². The molecule has 5 heteroatoms. The van der Waals surface area contributed by atoms with Gasteiger partial charge in [-0.1, -0.05) is 6.92 Å². The van der Waals surface area contributed by atoms with Crippen molar-refractivity contribution in [3.05, 3.63) is 12.3 Å². The van der Waals surface area contributed by atoms with Gasteiger partial charge in [-0.2, -0.15) is 0 Å². The molecule has 1 fully saturated rings. The first-order valence-electron chi connectivity index (χ1n) is 6.28. The van der Waals surface area contributed by atoms with E-state index in [0.717, 1.165) is 19.6 Å². The number of rotatable bonds is 9. The van der Waals surface area contributed by atoms with Crippen LogP contribution >= 0.6 is 0 Å². The molecule has 0 aromatic heterocycles. The van der Waals surface area contributed by atoms with Gasteiger partial charge in [-0.15, -0.1) is 0 Å². The van der Waals surface area contributed by atoms with Gasteiger partial charge in [0, 0.05) is 5.41 Å². The second-order valence-electron chi connectivity index (χ2n) is 4.39. The van der Waals surface area contributed by atoms with Gasteiger partial charge in [0.1, 0.15) is 6.61 Å². The Morgan fingerprint density at radius 1 is 1.28 bits per heavy atom. The molecule has 0 aliphatic carbocycles. The van der Waals surface area contributed by atoms with Crippen molar-refractivity contribution in [3.8, 4) is 0 Å². The molecule has 0 aromatic rings. The molecule has 0 atom stereocenters. The molecule has 1 heterocycles. The van der Waals surface area contributed by atoms with Gasteiger partial charge in [0.05, 0.1) is 33.0 Å². The summed E-state index contributed by atoms with van der Waals surface area (Å²) < 4.78 is 20.6. The molecule has 18 heavy (non-hydrogen) atoms. The minimum Gasteiger partial charge on any atom is -0.485 e. The van der Waals surface area contributed by atoms with Crippen LogP contribution in [0.25, 0.3) is 0 Å². The van der Waals surface area contributed by atoms with E-state index in [4.69, 9.17) is 18.9 Å². The molecule has 0 saturated carbocycles. The van der Waals surface area contributed by atoms with E-state index in [1.54, 1.807) is 6.92 Å². The lowest BCUT2D eigenvalue weighted by Gasteiger charge is -2.40. The highest BCUT2D eigenvalue weighted by molar-refractivity contribution is 5.85. The third-order valence-electron chi connectivity index (χ3n) is 2.98. The second kappa shape index (κ2) is 7.38. The Labute approximate surface area is 108 Å². The topological polar surface area (TPSA) is 54.0 Å². The molecule has 0 N–H and O–H groups in total. The third kappa shape index (κ3) is 4.31. The maximum absolute atomic E-state index is 11.2. The van der Waals surface area contributed by atoms with Gasteiger partial charge in [0.25, 0.3) is 0 Å². The van der Waals surface area contributed by atoms with Gasteiger partial charge in [-0.25, -0.2) is 4.79 Å². The van der Waals surface area contributed by atoms with E-state index >= 15 is 0 Å². The minimum atomic E-state index is -0.519. The molecule has 1 rings (SSSR count). The normalized spacial score (nSPS) is 16.8. The van der Waals surface area contributed by atoms with Crippen molar-refractivity contribution in [2.45, 2.75) is 20.3 Å². The summed E-state index contributed by atoms with van der Waals surface area (Å²) in [4.78, 5) is 11.2. The Morgan fingerprint density at radius 2 is 2.00 bits per heavy atom. The average molecular weight is 258 g/mol. The highest BCUT2D eigenvalue weighted by Crippen LogP contribution is 2.31. The van der Waals surface area contributed by atoms with Crippen molar-refractivity contribution >= 4 is 5.97 Å². The van der Waals surface area contributed by atoms with Crippen LogP contribution in [-0.4, -0.2) is 45.6 Å². The van der Waals surface area contributed by atoms with E-state index in [2.05, 4.69) is 13.5 Å². The number of carbonyl (C=O) groups is 1. The van der Waals surface area contributed by atoms with Crippen LogP contribution in [0.15, 0.2) is 12.3 Å². The summed E-state index contributed by atoms with van der Waals surface area (Å²) in [5.41, 5.74) is 0.179. The standard InChI is InChI=1S/C13H22O5/c1-4-13(9-16-10-13)8-15-6-7-18-11(3)12(14)17-5-2/h3-10H2,1-2H3. The highest BCUT2D eigenvalue weighted by Gasteiger charge is 2.36. The van der Waals surface area contributed by atoms with Crippen molar-refractivity contribution in [2.75, 3.05) is 39.6 Å². The summed E-state index contributed by atoms with van der Waals surface area (Å²) in [6, 6.07) is 0. The van der Waals surface area contributed by atoms with Crippen LogP contribution in [0.4, 0.5) is 0 Å². The number of ether oxygens (including phenoxy) is 4. The molecule has 0 amide bonds. The Balaban J connectivity index is 2.04. The molecular formula is C13H22O5. The number of hydrogen-bond donors (Lipinski definition) is 0. The molecule has 1 aliphatic rings. The summed E-state index contributed by atoms with van der Waals surface area (Å²) >= 11 is 0. The van der Waals surface area contributed by atoms with Crippen LogP contribution in [-0.2, 0) is 23.7 Å². The maximum atomic E-state index is 11.2. The number of hydrogen-bond acceptors (Lipinski definition) is 5. The van der Waals surface area contributed by atoms with Crippen LogP contribution in [0.2, 0.25) is 0 Å². The first-order chi connectivity index (χ1) is 8.63. The van der Waals surface area contributed by atoms with Crippen molar-refractivity contribution in [1.82, 2.24) is 0 Å². The first kappa shape index (κ1) is 15.0. The van der Waals surface area contributed by atoms with Crippen molar-refractivity contribution < 1.29 is 23.7 Å². The lowest BCUT2D eigenvalue weighted by Crippen LogP contribution is -2.45. The van der Waals surface area contributed by atoms with Crippen LogP contribution in [0.5, 0.6) is 0 Å². The molecule has 1 aliphatic heterocycles. The van der Waals surface area contributed by atoms with E-state index < -0.39 is 5.97 Å². The minimum absolute atomic E-state index is 0.0256. The van der Waals surface area contributed by atoms with E-state index in [0.29, 0.717) is 26.4 Å². The van der Waals surface area contributed by atoms with Crippen molar-refractivity contribution in [2.24, 2.45) is 5.41 Å². The average Bonchev–Trinajstić information content (AvgIpc) is 2.31. The zero-order valence-electron chi connectivity index (χ0n) is 11.2. The van der Waals surface area contributed by atoms with Gasteiger partial charge < -0.3 is 18.9 Å². The molecule has 0 spiro atoms. The SMILES string of the molecule is C=C(OCCOCC1(CC)COC1)C(=O)OCC. The predicted molar refractivity (Wildman–Crippen MR) is 66.1 cm³/mol. The van der Waals surface area contributed by atoms with Gasteiger partial charge in [-0.3, -0.25) is 0 Å². The summed E-state index contributed by atoms with van der Waals surface area (Å²) in [5, 5.41) is 0. The molecule has 1 saturated heterocycles. The Morgan fingerprint density at radius 3 is 2.50 bits per heavy atom. The zero-order valence-corrected chi connectivity index (χ0v) is 11.2. The lowest BCUT2D eigenvalue weighted by atomic mass is 9.84. The van der Waals surface area contributed by atoms with Gasteiger partial charge >= 0.3 is 5.97 Å². The van der Waals surface area contributed by atoms with Gasteiger partial charge in [-0.05, 0) is 19.9 Å². The fourth-order valence-electron chi connectivity index (χ4n) is 1.56. The fraction of sp³-hybridized carbons (Fsp3) is 0.769. The highest BCUT2D eigenvalue weighted by atomic mass is 16.6. The number of esters is 1. The first-order valence-corrected chi connectivity index (χ1v) is 6.28. The summed E-state index contributed by atoms with van der Waals surface area (Å²) in [5.74, 6) is -0.493. The molecular weight excluding hydrogens is 236 g/mol. The summed E-state index contributed by atoms with van der Waals surface area (Å²) in [6.45, 7) is 10.6. The number of carbonyl (C=O) groups excluding carboxylic acids is 1. The van der Waals surface area contributed by atoms with Gasteiger partial charge in [0.15, 0.2) is 5.76 Å². The Bertz CT molecular complexity index is 278. The van der Waals surface area contributed by atoms with Crippen molar-refractivity contribution in [1.29, 1.82) is 0 Å². The predicted octanol–water partition coefficient (Wildman–Crippen LogP) is 1.52. The summed E-state index contributed by atoms with van der Waals surface area (Å²) in [7, 11) is 0. The van der Waals surface area contributed by atoms with Crippen LogP contribution in [0.3, 0.4) is 0 Å². The van der Waals surface area contributed by atoms with Crippen LogP contribution in [0, 0.1) is 5.41 Å². The monoisotopic (exact) mass is 258 g/mol. The maximum Gasteiger partial charge on any atom is 0.372 e. The lowest BCUT2D eigenvalue weighted by molar-refractivity contribution is -0.153. The fourth-order valence-corrected chi connectivity index (χ4v) is 1.56. The van der Waals surface area contributed by atoms with Crippen LogP contribution < -0.4 is 0 Å². The zero-order chi connectivity index (χ0) is 13.4. The quantitative estimate of drug-likeness (QED) is 0.272. The molecule has 0 radical (unpaired) electrons. The van der Waals surface area contributed by atoms with E-state index in [1.807, 2.05) is 0 Å². The molecule has 0 aromatic carbocycles. The Hall–Kier alpha value is -1.07.